The average Bonchev–Trinajstić information content (AvgIpc) is 2.43. The van der Waals surface area contributed by atoms with Crippen molar-refractivity contribution in [1.29, 1.82) is 0 Å². The Hall–Kier alpha value is -1.56. The van der Waals surface area contributed by atoms with E-state index >= 15 is 0 Å². The van der Waals surface area contributed by atoms with Gasteiger partial charge in [0.25, 0.3) is 0 Å². The highest BCUT2D eigenvalue weighted by atomic mass is 32.2. The van der Waals surface area contributed by atoms with Gasteiger partial charge in [0.15, 0.2) is 0 Å². The third kappa shape index (κ3) is 7.13. The second-order valence-electron chi connectivity index (χ2n) is 5.41. The van der Waals surface area contributed by atoms with Crippen LogP contribution in [0.25, 0.3) is 0 Å². The molecule has 6 heteroatoms. The first kappa shape index (κ1) is 17.5. The maximum atomic E-state index is 11.8. The number of carboxylic acids is 1. The summed E-state index contributed by atoms with van der Waals surface area (Å²) in [6, 6.07) is 3.34. The normalized spacial score (nSPS) is 12.2. The van der Waals surface area contributed by atoms with Crippen LogP contribution in [-0.4, -0.2) is 33.8 Å². The molecule has 1 unspecified atom stereocenters. The van der Waals surface area contributed by atoms with Crippen molar-refractivity contribution in [3.63, 3.8) is 0 Å². The molecular weight excluding hydrogens is 288 g/mol. The van der Waals surface area contributed by atoms with E-state index in [-0.39, 0.29) is 23.4 Å². The lowest BCUT2D eigenvalue weighted by atomic mass is 10.0. The number of nitrogens with zero attached hydrogens (tertiary/aromatic N) is 1. The molecule has 0 spiro atoms. The van der Waals surface area contributed by atoms with Crippen molar-refractivity contribution in [2.75, 3.05) is 5.75 Å². The quantitative estimate of drug-likeness (QED) is 0.722. The molecular formula is C15H22N2O3S. The van der Waals surface area contributed by atoms with Crippen molar-refractivity contribution >= 4 is 23.6 Å². The summed E-state index contributed by atoms with van der Waals surface area (Å²) in [5.74, 6) is -0.200. The predicted molar refractivity (Wildman–Crippen MR) is 83.6 cm³/mol. The minimum absolute atomic E-state index is 0.00860. The third-order valence-corrected chi connectivity index (χ3v) is 3.90. The maximum Gasteiger partial charge on any atom is 0.354 e. The standard InChI is InChI=1S/C15H22N2O3S/c1-10(2)4-5-11(3)17-14(18)9-21-12-6-7-16-13(8-12)15(19)20/h6-8,10-11H,4-5,9H2,1-3H3,(H,17,18)(H,19,20). The Balaban J connectivity index is 2.39. The number of hydrogen-bond donors (Lipinski definition) is 2. The number of carboxylic acid groups (broad SMARTS) is 1. The molecule has 21 heavy (non-hydrogen) atoms. The van der Waals surface area contributed by atoms with Crippen LogP contribution in [0.4, 0.5) is 0 Å². The first-order chi connectivity index (χ1) is 9.88. The topological polar surface area (TPSA) is 79.3 Å². The predicted octanol–water partition coefficient (Wildman–Crippen LogP) is 2.81. The van der Waals surface area contributed by atoms with E-state index in [1.807, 2.05) is 6.92 Å². The van der Waals surface area contributed by atoms with Gasteiger partial charge >= 0.3 is 5.97 Å². The van der Waals surface area contributed by atoms with Crippen LogP contribution in [0.1, 0.15) is 44.1 Å². The molecule has 2 N–H and O–H groups in total. The Morgan fingerprint density at radius 2 is 2.05 bits per heavy atom. The molecule has 0 radical (unpaired) electrons. The number of thioether (sulfide) groups is 1. The smallest absolute Gasteiger partial charge is 0.354 e. The van der Waals surface area contributed by atoms with Gasteiger partial charge in [-0.1, -0.05) is 13.8 Å². The second kappa shape index (κ2) is 8.67. The zero-order chi connectivity index (χ0) is 15.8. The van der Waals surface area contributed by atoms with Crippen molar-refractivity contribution in [3.05, 3.63) is 24.0 Å². The average molecular weight is 310 g/mol. The third-order valence-electron chi connectivity index (χ3n) is 2.90. The van der Waals surface area contributed by atoms with Crippen LogP contribution in [0.5, 0.6) is 0 Å². The monoisotopic (exact) mass is 310 g/mol. The van der Waals surface area contributed by atoms with Gasteiger partial charge in [-0.15, -0.1) is 11.8 Å². The van der Waals surface area contributed by atoms with Gasteiger partial charge in [0.05, 0.1) is 5.75 Å². The summed E-state index contributed by atoms with van der Waals surface area (Å²) in [6.45, 7) is 6.32. The summed E-state index contributed by atoms with van der Waals surface area (Å²) in [7, 11) is 0. The second-order valence-corrected chi connectivity index (χ2v) is 6.46. The van der Waals surface area contributed by atoms with Crippen molar-refractivity contribution < 1.29 is 14.7 Å². The molecule has 1 aromatic heterocycles. The number of aromatic nitrogens is 1. The van der Waals surface area contributed by atoms with Crippen LogP contribution >= 0.6 is 11.8 Å². The molecule has 1 rings (SSSR count). The van der Waals surface area contributed by atoms with Crippen molar-refractivity contribution in [3.8, 4) is 0 Å². The van der Waals surface area contributed by atoms with Gasteiger partial charge in [0, 0.05) is 17.1 Å². The lowest BCUT2D eigenvalue weighted by molar-refractivity contribution is -0.119. The Labute approximate surface area is 129 Å². The molecule has 1 amide bonds. The fourth-order valence-electron chi connectivity index (χ4n) is 1.74. The molecule has 0 aromatic carbocycles. The van der Waals surface area contributed by atoms with E-state index in [1.165, 1.54) is 24.0 Å². The molecule has 0 saturated heterocycles. The van der Waals surface area contributed by atoms with E-state index in [0.29, 0.717) is 5.92 Å². The summed E-state index contributed by atoms with van der Waals surface area (Å²) in [4.78, 5) is 27.1. The lowest BCUT2D eigenvalue weighted by Gasteiger charge is -2.14. The number of hydrogen-bond acceptors (Lipinski definition) is 4. The van der Waals surface area contributed by atoms with E-state index < -0.39 is 5.97 Å². The molecule has 0 bridgehead atoms. The van der Waals surface area contributed by atoms with Gasteiger partial charge in [-0.25, -0.2) is 9.78 Å². The maximum absolute atomic E-state index is 11.8. The number of aromatic carboxylic acids is 1. The fraction of sp³-hybridized carbons (Fsp3) is 0.533. The summed E-state index contributed by atoms with van der Waals surface area (Å²) in [6.07, 6.45) is 3.49. The van der Waals surface area contributed by atoms with Crippen LogP contribution in [0.15, 0.2) is 23.2 Å². The van der Waals surface area contributed by atoms with Gasteiger partial charge in [0.1, 0.15) is 5.69 Å². The van der Waals surface area contributed by atoms with E-state index in [4.69, 9.17) is 5.11 Å². The van der Waals surface area contributed by atoms with Crippen LogP contribution < -0.4 is 5.32 Å². The first-order valence-corrected chi connectivity index (χ1v) is 7.98. The number of pyridine rings is 1. The van der Waals surface area contributed by atoms with Gasteiger partial charge in [-0.3, -0.25) is 4.79 Å². The van der Waals surface area contributed by atoms with Gasteiger partial charge in [0.2, 0.25) is 5.91 Å². The highest BCUT2D eigenvalue weighted by Gasteiger charge is 2.10. The van der Waals surface area contributed by atoms with Crippen molar-refractivity contribution in [2.24, 2.45) is 5.92 Å². The lowest BCUT2D eigenvalue weighted by Crippen LogP contribution is -2.34. The Morgan fingerprint density at radius 3 is 2.67 bits per heavy atom. The highest BCUT2D eigenvalue weighted by Crippen LogP contribution is 2.18. The SMILES string of the molecule is CC(C)CCC(C)NC(=O)CSc1ccnc(C(=O)O)c1. The molecule has 0 aliphatic rings. The number of rotatable bonds is 8. The summed E-state index contributed by atoms with van der Waals surface area (Å²) >= 11 is 1.31. The van der Waals surface area contributed by atoms with Crippen molar-refractivity contribution in [1.82, 2.24) is 10.3 Å². The molecule has 1 atom stereocenters. The zero-order valence-corrected chi connectivity index (χ0v) is 13.4. The molecule has 5 nitrogen and oxygen atoms in total. The molecule has 1 heterocycles. The Morgan fingerprint density at radius 1 is 1.33 bits per heavy atom. The zero-order valence-electron chi connectivity index (χ0n) is 12.6. The molecule has 0 fully saturated rings. The van der Waals surface area contributed by atoms with Crippen LogP contribution in [0.3, 0.4) is 0 Å². The highest BCUT2D eigenvalue weighted by molar-refractivity contribution is 8.00. The number of nitrogens with one attached hydrogen (secondary N) is 1. The Bertz CT molecular complexity index is 492. The number of amides is 1. The van der Waals surface area contributed by atoms with Gasteiger partial charge in [-0.05, 0) is 37.8 Å². The fourth-order valence-corrected chi connectivity index (χ4v) is 2.47. The minimum atomic E-state index is -1.07. The summed E-state index contributed by atoms with van der Waals surface area (Å²) in [5.41, 5.74) is -0.00860. The molecule has 0 saturated carbocycles. The van der Waals surface area contributed by atoms with E-state index in [9.17, 15) is 9.59 Å². The van der Waals surface area contributed by atoms with E-state index in [0.717, 1.165) is 17.7 Å². The Kier molecular flexibility index (Phi) is 7.22. The summed E-state index contributed by atoms with van der Waals surface area (Å²) in [5, 5.41) is 11.8. The van der Waals surface area contributed by atoms with E-state index in [1.54, 1.807) is 6.07 Å². The minimum Gasteiger partial charge on any atom is -0.477 e. The number of carbonyl (C=O) groups is 2. The van der Waals surface area contributed by atoms with Crippen LogP contribution in [0, 0.1) is 5.92 Å². The van der Waals surface area contributed by atoms with Crippen molar-refractivity contribution in [2.45, 2.75) is 44.6 Å². The molecule has 0 aliphatic carbocycles. The molecule has 1 aromatic rings. The first-order valence-electron chi connectivity index (χ1n) is 7.00. The summed E-state index contributed by atoms with van der Waals surface area (Å²) < 4.78 is 0. The van der Waals surface area contributed by atoms with E-state index in [2.05, 4.69) is 24.1 Å². The number of carbonyl (C=O) groups excluding carboxylic acids is 1. The van der Waals surface area contributed by atoms with Crippen LogP contribution in [0.2, 0.25) is 0 Å². The van der Waals surface area contributed by atoms with Gasteiger partial charge in [-0.2, -0.15) is 0 Å². The molecule has 116 valence electrons. The van der Waals surface area contributed by atoms with Crippen LogP contribution in [-0.2, 0) is 4.79 Å². The molecule has 0 aliphatic heterocycles. The largest absolute Gasteiger partial charge is 0.477 e. The van der Waals surface area contributed by atoms with Gasteiger partial charge < -0.3 is 10.4 Å².